The Bertz CT molecular complexity index is 989. The van der Waals surface area contributed by atoms with Crippen LogP contribution in [0.5, 0.6) is 0 Å². The van der Waals surface area contributed by atoms with Gasteiger partial charge in [0.2, 0.25) is 5.91 Å². The number of nitro groups is 1. The SMILES string of the molecule is Cc1c(NC(=O)CSc2ncc(-c3ccc(F)cc3)o2)cccc1[N+](=O)[O-]. The van der Waals surface area contributed by atoms with Crippen LogP contribution in [-0.4, -0.2) is 21.6 Å². The molecule has 138 valence electrons. The van der Waals surface area contributed by atoms with Crippen molar-refractivity contribution >= 4 is 29.0 Å². The lowest BCUT2D eigenvalue weighted by atomic mass is 10.1. The van der Waals surface area contributed by atoms with Crippen LogP contribution in [0.2, 0.25) is 0 Å². The van der Waals surface area contributed by atoms with Crippen molar-refractivity contribution in [3.8, 4) is 11.3 Å². The highest BCUT2D eigenvalue weighted by Gasteiger charge is 2.15. The molecule has 1 amide bonds. The first kappa shape index (κ1) is 18.6. The molecule has 7 nitrogen and oxygen atoms in total. The highest BCUT2D eigenvalue weighted by atomic mass is 32.2. The van der Waals surface area contributed by atoms with Crippen LogP contribution < -0.4 is 5.32 Å². The summed E-state index contributed by atoms with van der Waals surface area (Å²) >= 11 is 1.09. The van der Waals surface area contributed by atoms with Crippen LogP contribution in [0.15, 0.2) is 58.3 Å². The Morgan fingerprint density at radius 3 is 2.74 bits per heavy atom. The summed E-state index contributed by atoms with van der Waals surface area (Å²) in [5, 5.41) is 13.9. The second-order valence-electron chi connectivity index (χ2n) is 5.54. The van der Waals surface area contributed by atoms with Crippen molar-refractivity contribution in [2.24, 2.45) is 0 Å². The maximum absolute atomic E-state index is 13.0. The molecule has 1 heterocycles. The summed E-state index contributed by atoms with van der Waals surface area (Å²) in [4.78, 5) is 26.7. The van der Waals surface area contributed by atoms with Crippen LogP contribution in [0.25, 0.3) is 11.3 Å². The molecule has 9 heteroatoms. The molecule has 0 aliphatic rings. The lowest BCUT2D eigenvalue weighted by Gasteiger charge is -2.07. The zero-order valence-corrected chi connectivity index (χ0v) is 15.0. The highest BCUT2D eigenvalue weighted by molar-refractivity contribution is 7.99. The Labute approximate surface area is 157 Å². The number of nitrogens with one attached hydrogen (secondary N) is 1. The molecule has 1 N–H and O–H groups in total. The van der Waals surface area contributed by atoms with Gasteiger partial charge in [-0.2, -0.15) is 0 Å². The Morgan fingerprint density at radius 2 is 2.04 bits per heavy atom. The normalized spacial score (nSPS) is 10.6. The maximum Gasteiger partial charge on any atom is 0.274 e. The van der Waals surface area contributed by atoms with Crippen molar-refractivity contribution in [2.45, 2.75) is 12.1 Å². The molecular weight excluding hydrogens is 373 g/mol. The standard InChI is InChI=1S/C18H14FN3O4S/c1-11-14(3-2-4-15(11)22(24)25)21-17(23)10-27-18-20-9-16(26-18)12-5-7-13(19)8-6-12/h2-9H,10H2,1H3,(H,21,23). The molecule has 0 radical (unpaired) electrons. The first-order chi connectivity index (χ1) is 12.9. The molecule has 0 atom stereocenters. The van der Waals surface area contributed by atoms with E-state index >= 15 is 0 Å². The second-order valence-corrected chi connectivity index (χ2v) is 6.47. The summed E-state index contributed by atoms with van der Waals surface area (Å²) in [5.41, 5.74) is 1.38. The third-order valence-corrected chi connectivity index (χ3v) is 4.56. The molecule has 0 fully saturated rings. The Kier molecular flexibility index (Phi) is 5.51. The number of aromatic nitrogens is 1. The summed E-state index contributed by atoms with van der Waals surface area (Å²) in [6.45, 7) is 1.57. The van der Waals surface area contributed by atoms with Gasteiger partial charge in [0.05, 0.1) is 28.1 Å². The van der Waals surface area contributed by atoms with Crippen LogP contribution in [0, 0.1) is 22.9 Å². The Balaban J connectivity index is 1.61. The van der Waals surface area contributed by atoms with E-state index in [1.165, 1.54) is 30.5 Å². The number of nitro benzene ring substituents is 1. The second kappa shape index (κ2) is 8.00. The van der Waals surface area contributed by atoms with Crippen LogP contribution in [0.1, 0.15) is 5.56 Å². The molecule has 1 aromatic heterocycles. The number of rotatable bonds is 6. The average molecular weight is 387 g/mol. The van der Waals surface area contributed by atoms with E-state index in [1.54, 1.807) is 25.1 Å². The number of thioether (sulfide) groups is 1. The van der Waals surface area contributed by atoms with E-state index in [1.807, 2.05) is 0 Å². The monoisotopic (exact) mass is 387 g/mol. The highest BCUT2D eigenvalue weighted by Crippen LogP contribution is 2.27. The van der Waals surface area contributed by atoms with E-state index in [0.717, 1.165) is 11.8 Å². The zero-order valence-electron chi connectivity index (χ0n) is 14.1. The van der Waals surface area contributed by atoms with E-state index in [2.05, 4.69) is 10.3 Å². The number of hydrogen-bond donors (Lipinski definition) is 1. The topological polar surface area (TPSA) is 98.3 Å². The Hall–Kier alpha value is -3.20. The van der Waals surface area contributed by atoms with Crippen LogP contribution in [0.4, 0.5) is 15.8 Å². The lowest BCUT2D eigenvalue weighted by molar-refractivity contribution is -0.385. The van der Waals surface area contributed by atoms with E-state index < -0.39 is 4.92 Å². The van der Waals surface area contributed by atoms with E-state index in [4.69, 9.17) is 4.42 Å². The summed E-state index contributed by atoms with van der Waals surface area (Å²) in [5.74, 6) is -0.204. The van der Waals surface area contributed by atoms with Crippen LogP contribution in [-0.2, 0) is 4.79 Å². The molecule has 27 heavy (non-hydrogen) atoms. The number of amides is 1. The molecule has 0 saturated heterocycles. The third kappa shape index (κ3) is 4.50. The minimum absolute atomic E-state index is 0.0193. The minimum atomic E-state index is -0.497. The van der Waals surface area contributed by atoms with Crippen molar-refractivity contribution in [3.63, 3.8) is 0 Å². The summed E-state index contributed by atoms with van der Waals surface area (Å²) in [7, 11) is 0. The number of benzene rings is 2. The summed E-state index contributed by atoms with van der Waals surface area (Å²) in [6, 6.07) is 10.3. The van der Waals surface area contributed by atoms with Crippen molar-refractivity contribution in [1.82, 2.24) is 4.98 Å². The number of carbonyl (C=O) groups excluding carboxylic acids is 1. The largest absolute Gasteiger partial charge is 0.431 e. The molecule has 0 saturated carbocycles. The van der Waals surface area contributed by atoms with Crippen LogP contribution >= 0.6 is 11.8 Å². The lowest BCUT2D eigenvalue weighted by Crippen LogP contribution is -2.15. The van der Waals surface area contributed by atoms with Crippen molar-refractivity contribution in [3.05, 3.63) is 70.2 Å². The van der Waals surface area contributed by atoms with Gasteiger partial charge in [-0.25, -0.2) is 9.37 Å². The van der Waals surface area contributed by atoms with Gasteiger partial charge in [0, 0.05) is 11.6 Å². The van der Waals surface area contributed by atoms with Gasteiger partial charge in [-0.1, -0.05) is 17.8 Å². The maximum atomic E-state index is 13.0. The third-order valence-electron chi connectivity index (χ3n) is 3.72. The minimum Gasteiger partial charge on any atom is -0.431 e. The van der Waals surface area contributed by atoms with E-state index in [-0.39, 0.29) is 23.2 Å². The van der Waals surface area contributed by atoms with Crippen molar-refractivity contribution in [2.75, 3.05) is 11.1 Å². The fraction of sp³-hybridized carbons (Fsp3) is 0.111. The number of carbonyl (C=O) groups is 1. The average Bonchev–Trinajstić information content (AvgIpc) is 3.11. The van der Waals surface area contributed by atoms with E-state index in [0.29, 0.717) is 27.8 Å². The number of nitrogens with zero attached hydrogens (tertiary/aromatic N) is 2. The van der Waals surface area contributed by atoms with Gasteiger partial charge < -0.3 is 9.73 Å². The molecule has 3 rings (SSSR count). The van der Waals surface area contributed by atoms with Gasteiger partial charge >= 0.3 is 0 Å². The predicted molar refractivity (Wildman–Crippen MR) is 99.1 cm³/mol. The molecule has 0 spiro atoms. The fourth-order valence-electron chi connectivity index (χ4n) is 2.34. The Morgan fingerprint density at radius 1 is 1.30 bits per heavy atom. The number of halogens is 1. The molecule has 3 aromatic rings. The molecule has 2 aromatic carbocycles. The van der Waals surface area contributed by atoms with Gasteiger partial charge in [0.1, 0.15) is 5.82 Å². The number of hydrogen-bond acceptors (Lipinski definition) is 6. The molecular formula is C18H14FN3O4S. The molecule has 0 aliphatic heterocycles. The zero-order chi connectivity index (χ0) is 19.4. The summed E-state index contributed by atoms with van der Waals surface area (Å²) in [6.07, 6.45) is 1.50. The number of oxazole rings is 1. The molecule has 0 bridgehead atoms. The van der Waals surface area contributed by atoms with Gasteiger partial charge in [0.25, 0.3) is 10.9 Å². The van der Waals surface area contributed by atoms with Gasteiger partial charge in [0.15, 0.2) is 5.76 Å². The predicted octanol–water partition coefficient (Wildman–Crippen LogP) is 4.43. The molecule has 0 aliphatic carbocycles. The number of anilines is 1. The smallest absolute Gasteiger partial charge is 0.274 e. The summed E-state index contributed by atoms with van der Waals surface area (Å²) < 4.78 is 18.5. The quantitative estimate of drug-likeness (QED) is 0.382. The van der Waals surface area contributed by atoms with Gasteiger partial charge in [-0.15, -0.1) is 0 Å². The fourth-order valence-corrected chi connectivity index (χ4v) is 2.95. The van der Waals surface area contributed by atoms with E-state index in [9.17, 15) is 19.3 Å². The van der Waals surface area contributed by atoms with Crippen LogP contribution in [0.3, 0.4) is 0 Å². The first-order valence-electron chi connectivity index (χ1n) is 7.82. The molecule has 0 unspecified atom stereocenters. The van der Waals surface area contributed by atoms with Gasteiger partial charge in [-0.3, -0.25) is 14.9 Å². The van der Waals surface area contributed by atoms with Crippen molar-refractivity contribution in [1.29, 1.82) is 0 Å². The first-order valence-corrected chi connectivity index (χ1v) is 8.81. The van der Waals surface area contributed by atoms with Gasteiger partial charge in [-0.05, 0) is 37.3 Å². The van der Waals surface area contributed by atoms with Crippen molar-refractivity contribution < 1.29 is 18.5 Å².